The molecule has 2 aromatic carbocycles. The van der Waals surface area contributed by atoms with Gasteiger partial charge in [0.2, 0.25) is 0 Å². The van der Waals surface area contributed by atoms with Crippen molar-refractivity contribution in [1.82, 2.24) is 0 Å². The van der Waals surface area contributed by atoms with Gasteiger partial charge in [0.1, 0.15) is 4.99 Å². The first-order valence-electron chi connectivity index (χ1n) is 6.19. The summed E-state index contributed by atoms with van der Waals surface area (Å²) in [5.41, 5.74) is 8.37. The molecule has 0 aliphatic rings. The van der Waals surface area contributed by atoms with E-state index in [1.165, 1.54) is 0 Å². The Morgan fingerprint density at radius 1 is 1.24 bits per heavy atom. The highest BCUT2D eigenvalue weighted by atomic mass is 79.9. The summed E-state index contributed by atoms with van der Waals surface area (Å²) >= 11 is 20.7. The highest BCUT2D eigenvalue weighted by molar-refractivity contribution is 9.10. The van der Waals surface area contributed by atoms with Crippen LogP contribution in [0.2, 0.25) is 10.0 Å². The number of thiocarbonyl (C=S) groups is 1. The highest BCUT2D eigenvalue weighted by Gasteiger charge is 2.13. The number of rotatable bonds is 4. The first kappa shape index (κ1) is 16.6. The van der Waals surface area contributed by atoms with Gasteiger partial charge in [-0.25, -0.2) is 0 Å². The first-order chi connectivity index (χ1) is 9.88. The minimum Gasteiger partial charge on any atom is -0.389 e. The fourth-order valence-electron chi connectivity index (χ4n) is 2.01. The van der Waals surface area contributed by atoms with Gasteiger partial charge in [-0.2, -0.15) is 0 Å². The normalized spacial score (nSPS) is 12.0. The van der Waals surface area contributed by atoms with E-state index in [4.69, 9.17) is 41.2 Å². The van der Waals surface area contributed by atoms with Crippen molar-refractivity contribution in [2.24, 2.45) is 5.73 Å². The van der Waals surface area contributed by atoms with Crippen LogP contribution in [0, 0.1) is 0 Å². The van der Waals surface area contributed by atoms with E-state index in [1.807, 2.05) is 37.3 Å². The van der Waals surface area contributed by atoms with Crippen LogP contribution in [0.4, 0.5) is 5.69 Å². The van der Waals surface area contributed by atoms with Gasteiger partial charge in [-0.3, -0.25) is 0 Å². The Morgan fingerprint density at radius 2 is 1.95 bits per heavy atom. The van der Waals surface area contributed by atoms with Crippen molar-refractivity contribution < 1.29 is 0 Å². The second-order valence-corrected chi connectivity index (χ2v) is 6.79. The number of hydrogen-bond donors (Lipinski definition) is 2. The molecule has 2 nitrogen and oxygen atoms in total. The van der Waals surface area contributed by atoms with E-state index in [0.717, 1.165) is 21.3 Å². The molecule has 0 amide bonds. The number of halogens is 3. The Bertz CT molecular complexity index is 691. The van der Waals surface area contributed by atoms with Crippen LogP contribution in [-0.2, 0) is 0 Å². The first-order valence-corrected chi connectivity index (χ1v) is 8.15. The maximum absolute atomic E-state index is 6.24. The molecule has 0 fully saturated rings. The Kier molecular flexibility index (Phi) is 5.49. The fraction of sp³-hybridized carbons (Fsp3) is 0.133. The monoisotopic (exact) mass is 402 g/mol. The van der Waals surface area contributed by atoms with Crippen LogP contribution in [0.3, 0.4) is 0 Å². The molecule has 110 valence electrons. The number of benzene rings is 2. The molecule has 0 aliphatic carbocycles. The van der Waals surface area contributed by atoms with Crippen LogP contribution in [0.15, 0.2) is 40.9 Å². The van der Waals surface area contributed by atoms with Crippen LogP contribution in [-0.4, -0.2) is 4.99 Å². The lowest BCUT2D eigenvalue weighted by Gasteiger charge is -2.19. The van der Waals surface area contributed by atoms with Gasteiger partial charge in [0.25, 0.3) is 0 Å². The lowest BCUT2D eigenvalue weighted by atomic mass is 10.1. The predicted octanol–water partition coefficient (Wildman–Crippen LogP) is 5.56. The molecular weight excluding hydrogens is 391 g/mol. The van der Waals surface area contributed by atoms with Crippen LogP contribution < -0.4 is 11.1 Å². The Balaban J connectivity index is 2.33. The zero-order chi connectivity index (χ0) is 15.6. The van der Waals surface area contributed by atoms with E-state index in [2.05, 4.69) is 21.2 Å². The third kappa shape index (κ3) is 4.10. The van der Waals surface area contributed by atoms with E-state index in [-0.39, 0.29) is 6.04 Å². The van der Waals surface area contributed by atoms with E-state index in [9.17, 15) is 0 Å². The summed E-state index contributed by atoms with van der Waals surface area (Å²) in [6, 6.07) is 11.2. The summed E-state index contributed by atoms with van der Waals surface area (Å²) in [6.45, 7) is 2.01. The molecule has 0 aliphatic heterocycles. The van der Waals surface area contributed by atoms with Gasteiger partial charge in [-0.05, 0) is 42.8 Å². The van der Waals surface area contributed by atoms with Crippen molar-refractivity contribution in [3.63, 3.8) is 0 Å². The summed E-state index contributed by atoms with van der Waals surface area (Å²) < 4.78 is 0.944. The van der Waals surface area contributed by atoms with Gasteiger partial charge >= 0.3 is 0 Å². The molecule has 3 N–H and O–H groups in total. The standard InChI is InChI=1S/C15H13BrCl2N2S/c1-8(11-5-3-10(17)7-13(11)18)20-14-6-9(16)2-4-12(14)15(19)21/h2-8,20H,1H3,(H2,19,21). The third-order valence-corrected chi connectivity index (χ3v) is 4.32. The number of anilines is 1. The van der Waals surface area contributed by atoms with Crippen molar-refractivity contribution in [2.45, 2.75) is 13.0 Å². The van der Waals surface area contributed by atoms with Crippen molar-refractivity contribution in [3.05, 3.63) is 62.0 Å². The molecule has 1 atom stereocenters. The topological polar surface area (TPSA) is 38.0 Å². The van der Waals surface area contributed by atoms with Gasteiger partial charge in [0.05, 0.1) is 6.04 Å². The molecule has 0 spiro atoms. The molecular formula is C15H13BrCl2N2S. The Labute approximate surface area is 147 Å². The molecule has 21 heavy (non-hydrogen) atoms. The van der Waals surface area contributed by atoms with Crippen molar-refractivity contribution >= 4 is 62.0 Å². The minimum absolute atomic E-state index is 0.0165. The smallest absolute Gasteiger partial charge is 0.106 e. The Morgan fingerprint density at radius 3 is 2.57 bits per heavy atom. The zero-order valence-electron chi connectivity index (χ0n) is 11.2. The molecule has 0 bridgehead atoms. The molecule has 0 radical (unpaired) electrons. The SMILES string of the molecule is CC(Nc1cc(Br)ccc1C(N)=S)c1ccc(Cl)cc1Cl. The van der Waals surface area contributed by atoms with E-state index in [0.29, 0.717) is 15.0 Å². The molecule has 0 aromatic heterocycles. The maximum Gasteiger partial charge on any atom is 0.106 e. The lowest BCUT2D eigenvalue weighted by Crippen LogP contribution is -2.15. The summed E-state index contributed by atoms with van der Waals surface area (Å²) in [5.74, 6) is 0. The number of hydrogen-bond acceptors (Lipinski definition) is 2. The molecule has 1 unspecified atom stereocenters. The number of nitrogens with two attached hydrogens (primary N) is 1. The van der Waals surface area contributed by atoms with E-state index in [1.54, 1.807) is 6.07 Å². The van der Waals surface area contributed by atoms with Crippen molar-refractivity contribution in [2.75, 3.05) is 5.32 Å². The molecule has 0 saturated carbocycles. The third-order valence-electron chi connectivity index (χ3n) is 3.05. The molecule has 0 saturated heterocycles. The fourth-order valence-corrected chi connectivity index (χ4v) is 3.13. The molecule has 0 heterocycles. The quantitative estimate of drug-likeness (QED) is 0.656. The number of nitrogens with one attached hydrogen (secondary N) is 1. The lowest BCUT2D eigenvalue weighted by molar-refractivity contribution is 0.884. The molecule has 6 heteroatoms. The summed E-state index contributed by atoms with van der Waals surface area (Å²) in [7, 11) is 0. The molecule has 2 aromatic rings. The second kappa shape index (κ2) is 6.97. The minimum atomic E-state index is -0.0165. The van der Waals surface area contributed by atoms with Crippen molar-refractivity contribution in [3.8, 4) is 0 Å². The van der Waals surface area contributed by atoms with Crippen LogP contribution in [0.1, 0.15) is 24.1 Å². The zero-order valence-corrected chi connectivity index (χ0v) is 15.1. The highest BCUT2D eigenvalue weighted by Crippen LogP contribution is 2.30. The van der Waals surface area contributed by atoms with E-state index < -0.39 is 0 Å². The van der Waals surface area contributed by atoms with Crippen LogP contribution in [0.5, 0.6) is 0 Å². The predicted molar refractivity (Wildman–Crippen MR) is 98.5 cm³/mol. The Hall–Kier alpha value is -0.810. The average molecular weight is 404 g/mol. The van der Waals surface area contributed by atoms with Gasteiger partial charge in [-0.15, -0.1) is 0 Å². The van der Waals surface area contributed by atoms with Crippen LogP contribution >= 0.6 is 51.3 Å². The average Bonchev–Trinajstić information content (AvgIpc) is 2.37. The van der Waals surface area contributed by atoms with Gasteiger partial charge < -0.3 is 11.1 Å². The van der Waals surface area contributed by atoms with Gasteiger partial charge in [0, 0.05) is 25.8 Å². The van der Waals surface area contributed by atoms with Gasteiger partial charge in [0.15, 0.2) is 0 Å². The van der Waals surface area contributed by atoms with Crippen LogP contribution in [0.25, 0.3) is 0 Å². The molecule has 2 rings (SSSR count). The van der Waals surface area contributed by atoms with Gasteiger partial charge in [-0.1, -0.05) is 57.4 Å². The van der Waals surface area contributed by atoms with E-state index >= 15 is 0 Å². The summed E-state index contributed by atoms with van der Waals surface area (Å²) in [4.78, 5) is 0.347. The summed E-state index contributed by atoms with van der Waals surface area (Å²) in [5, 5.41) is 4.62. The maximum atomic E-state index is 6.24. The summed E-state index contributed by atoms with van der Waals surface area (Å²) in [6.07, 6.45) is 0. The van der Waals surface area contributed by atoms with Crippen molar-refractivity contribution in [1.29, 1.82) is 0 Å². The second-order valence-electron chi connectivity index (χ2n) is 4.59. The largest absolute Gasteiger partial charge is 0.389 e.